The summed E-state index contributed by atoms with van der Waals surface area (Å²) in [5, 5.41) is 2.02. The molecule has 0 aliphatic heterocycles. The van der Waals surface area contributed by atoms with Gasteiger partial charge in [0.1, 0.15) is 23.6 Å². The molecule has 1 N–H and O–H groups in total. The molecule has 98 valence electrons. The highest BCUT2D eigenvalue weighted by atomic mass is 35.5. The smallest absolute Gasteiger partial charge is 0.258 e. The summed E-state index contributed by atoms with van der Waals surface area (Å²) < 4.78 is 26.4. The van der Waals surface area contributed by atoms with E-state index < -0.39 is 23.1 Å². The van der Waals surface area contributed by atoms with Crippen molar-refractivity contribution in [1.29, 1.82) is 0 Å². The minimum atomic E-state index is -0.907. The highest BCUT2D eigenvalue weighted by Crippen LogP contribution is 2.26. The van der Waals surface area contributed by atoms with Crippen LogP contribution in [0.25, 0.3) is 0 Å². The minimum Gasteiger partial charge on any atom is -0.317 e. The molecule has 2 rings (SSSR count). The molecule has 0 saturated carbocycles. The fourth-order valence-corrected chi connectivity index (χ4v) is 1.71. The lowest BCUT2D eigenvalue weighted by molar-refractivity contribution is 0.102. The van der Waals surface area contributed by atoms with Crippen LogP contribution in [0.2, 0.25) is 10.3 Å². The number of amides is 1. The standard InChI is InChI=1S/C11H5Cl2F2N3O/c12-9-8(10(13)17-4-16-9)18-11(19)6-3-5(14)1-2-7(6)15/h1-4H,(H,18,19). The van der Waals surface area contributed by atoms with Gasteiger partial charge < -0.3 is 5.32 Å². The Morgan fingerprint density at radius 1 is 1.16 bits per heavy atom. The van der Waals surface area contributed by atoms with Crippen molar-refractivity contribution in [3.63, 3.8) is 0 Å². The molecule has 0 atom stereocenters. The van der Waals surface area contributed by atoms with E-state index in [1.54, 1.807) is 0 Å². The molecule has 8 heteroatoms. The average Bonchev–Trinajstić information content (AvgIpc) is 2.37. The summed E-state index contributed by atoms with van der Waals surface area (Å²) in [6.45, 7) is 0. The molecule has 1 heterocycles. The Bertz CT molecular complexity index is 632. The molecular weight excluding hydrogens is 299 g/mol. The number of nitrogens with zero attached hydrogens (tertiary/aromatic N) is 2. The molecule has 19 heavy (non-hydrogen) atoms. The van der Waals surface area contributed by atoms with Crippen molar-refractivity contribution < 1.29 is 13.6 Å². The molecular formula is C11H5Cl2F2N3O. The maximum absolute atomic E-state index is 13.4. The third-order valence-corrected chi connectivity index (χ3v) is 2.74. The van der Waals surface area contributed by atoms with Gasteiger partial charge in [0.05, 0.1) is 5.56 Å². The third-order valence-electron chi connectivity index (χ3n) is 2.17. The van der Waals surface area contributed by atoms with Crippen molar-refractivity contribution in [3.05, 3.63) is 52.0 Å². The summed E-state index contributed by atoms with van der Waals surface area (Å²) in [4.78, 5) is 19.0. The van der Waals surface area contributed by atoms with E-state index in [0.717, 1.165) is 24.5 Å². The zero-order valence-corrected chi connectivity index (χ0v) is 10.6. The maximum Gasteiger partial charge on any atom is 0.258 e. The molecule has 0 aliphatic rings. The molecule has 1 aromatic carbocycles. The zero-order valence-electron chi connectivity index (χ0n) is 9.12. The van der Waals surface area contributed by atoms with Crippen LogP contribution in [0, 0.1) is 11.6 Å². The first-order valence-corrected chi connectivity index (χ1v) is 5.67. The topological polar surface area (TPSA) is 54.9 Å². The van der Waals surface area contributed by atoms with Gasteiger partial charge in [0.2, 0.25) is 0 Å². The average molecular weight is 304 g/mol. The van der Waals surface area contributed by atoms with Gasteiger partial charge >= 0.3 is 0 Å². The molecule has 2 aromatic rings. The van der Waals surface area contributed by atoms with Gasteiger partial charge in [-0.2, -0.15) is 0 Å². The summed E-state index contributed by atoms with van der Waals surface area (Å²) in [6, 6.07) is 2.50. The first-order chi connectivity index (χ1) is 8.99. The van der Waals surface area contributed by atoms with E-state index in [4.69, 9.17) is 23.2 Å². The number of carbonyl (C=O) groups is 1. The van der Waals surface area contributed by atoms with E-state index in [9.17, 15) is 13.6 Å². The molecule has 0 bridgehead atoms. The van der Waals surface area contributed by atoms with Crippen molar-refractivity contribution >= 4 is 34.8 Å². The van der Waals surface area contributed by atoms with Gasteiger partial charge in [0, 0.05) is 0 Å². The second-order valence-electron chi connectivity index (χ2n) is 3.41. The SMILES string of the molecule is O=C(Nc1c(Cl)ncnc1Cl)c1cc(F)ccc1F. The number of hydrogen-bond donors (Lipinski definition) is 1. The second-order valence-corrected chi connectivity index (χ2v) is 4.12. The quantitative estimate of drug-likeness (QED) is 0.866. The highest BCUT2D eigenvalue weighted by Gasteiger charge is 2.17. The Morgan fingerprint density at radius 2 is 1.79 bits per heavy atom. The van der Waals surface area contributed by atoms with Crippen LogP contribution in [0.1, 0.15) is 10.4 Å². The van der Waals surface area contributed by atoms with Crippen molar-refractivity contribution in [2.45, 2.75) is 0 Å². The van der Waals surface area contributed by atoms with Crippen LogP contribution in [0.4, 0.5) is 14.5 Å². The maximum atomic E-state index is 13.4. The number of aromatic nitrogens is 2. The molecule has 0 fully saturated rings. The van der Waals surface area contributed by atoms with Gasteiger partial charge in [-0.1, -0.05) is 23.2 Å². The summed E-state index contributed by atoms with van der Waals surface area (Å²) in [6.07, 6.45) is 1.10. The van der Waals surface area contributed by atoms with Crippen molar-refractivity contribution in [1.82, 2.24) is 9.97 Å². The molecule has 4 nitrogen and oxygen atoms in total. The summed E-state index contributed by atoms with van der Waals surface area (Å²) in [5.74, 6) is -2.52. The first-order valence-electron chi connectivity index (χ1n) is 4.91. The van der Waals surface area contributed by atoms with Crippen LogP contribution < -0.4 is 5.32 Å². The van der Waals surface area contributed by atoms with E-state index in [-0.39, 0.29) is 16.0 Å². The molecule has 0 unspecified atom stereocenters. The molecule has 0 spiro atoms. The highest BCUT2D eigenvalue weighted by molar-refractivity contribution is 6.38. The van der Waals surface area contributed by atoms with Gasteiger partial charge in [-0.25, -0.2) is 18.7 Å². The summed E-state index contributed by atoms with van der Waals surface area (Å²) in [5.41, 5.74) is -0.546. The summed E-state index contributed by atoms with van der Waals surface area (Å²) in [7, 11) is 0. The predicted molar refractivity (Wildman–Crippen MR) is 66.4 cm³/mol. The van der Waals surface area contributed by atoms with E-state index in [1.807, 2.05) is 0 Å². The van der Waals surface area contributed by atoms with Crippen LogP contribution in [-0.2, 0) is 0 Å². The Kier molecular flexibility index (Phi) is 3.92. The fourth-order valence-electron chi connectivity index (χ4n) is 1.30. The van der Waals surface area contributed by atoms with Crippen LogP contribution in [0.15, 0.2) is 24.5 Å². The molecule has 1 aromatic heterocycles. The Morgan fingerprint density at radius 3 is 2.42 bits per heavy atom. The fraction of sp³-hybridized carbons (Fsp3) is 0. The number of carbonyl (C=O) groups excluding carboxylic acids is 1. The first kappa shape index (κ1) is 13.6. The van der Waals surface area contributed by atoms with Crippen molar-refractivity contribution in [2.24, 2.45) is 0 Å². The van der Waals surface area contributed by atoms with Gasteiger partial charge in [0.25, 0.3) is 5.91 Å². The number of hydrogen-bond acceptors (Lipinski definition) is 3. The largest absolute Gasteiger partial charge is 0.317 e. The molecule has 0 saturated heterocycles. The minimum absolute atomic E-state index is 0.0699. The van der Waals surface area contributed by atoms with E-state index in [2.05, 4.69) is 15.3 Å². The summed E-state index contributed by atoms with van der Waals surface area (Å²) >= 11 is 11.4. The van der Waals surface area contributed by atoms with Crippen LogP contribution in [0.3, 0.4) is 0 Å². The third kappa shape index (κ3) is 2.97. The number of rotatable bonds is 2. The normalized spacial score (nSPS) is 10.3. The monoisotopic (exact) mass is 303 g/mol. The lowest BCUT2D eigenvalue weighted by atomic mass is 10.2. The van der Waals surface area contributed by atoms with E-state index >= 15 is 0 Å². The van der Waals surface area contributed by atoms with Crippen LogP contribution in [-0.4, -0.2) is 15.9 Å². The van der Waals surface area contributed by atoms with Gasteiger partial charge in [-0.15, -0.1) is 0 Å². The number of halogens is 4. The van der Waals surface area contributed by atoms with Crippen LogP contribution >= 0.6 is 23.2 Å². The van der Waals surface area contributed by atoms with E-state index in [0.29, 0.717) is 0 Å². The van der Waals surface area contributed by atoms with Gasteiger partial charge in [0.15, 0.2) is 10.3 Å². The van der Waals surface area contributed by atoms with E-state index in [1.165, 1.54) is 0 Å². The molecule has 0 radical (unpaired) electrons. The second kappa shape index (κ2) is 5.46. The molecule has 0 aliphatic carbocycles. The Hall–Kier alpha value is -1.79. The van der Waals surface area contributed by atoms with Crippen LogP contribution in [0.5, 0.6) is 0 Å². The number of anilines is 1. The number of nitrogens with one attached hydrogen (secondary N) is 1. The number of benzene rings is 1. The molecule has 1 amide bonds. The lowest BCUT2D eigenvalue weighted by Crippen LogP contribution is -2.15. The van der Waals surface area contributed by atoms with Gasteiger partial charge in [-0.3, -0.25) is 4.79 Å². The van der Waals surface area contributed by atoms with Gasteiger partial charge in [-0.05, 0) is 18.2 Å². The zero-order chi connectivity index (χ0) is 14.0. The predicted octanol–water partition coefficient (Wildman–Crippen LogP) is 3.31. The Labute approximate surface area is 116 Å². The Balaban J connectivity index is 2.34. The van der Waals surface area contributed by atoms with Crippen molar-refractivity contribution in [2.75, 3.05) is 5.32 Å². The van der Waals surface area contributed by atoms with Crippen molar-refractivity contribution in [3.8, 4) is 0 Å². The lowest BCUT2D eigenvalue weighted by Gasteiger charge is -2.08.